The fraction of sp³-hybridized carbons (Fsp3) is 0.273. The SMILES string of the molecule is CSc1ncccc1C(=O)N(C1CC1)[C@H](C)c1cccc2ccccc12. The van der Waals surface area contributed by atoms with E-state index in [4.69, 9.17) is 0 Å². The molecule has 0 bridgehead atoms. The maximum Gasteiger partial charge on any atom is 0.257 e. The number of hydrogen-bond acceptors (Lipinski definition) is 3. The van der Waals surface area contributed by atoms with Crippen LogP contribution in [0.25, 0.3) is 10.8 Å². The van der Waals surface area contributed by atoms with Gasteiger partial charge in [-0.25, -0.2) is 4.98 Å². The largest absolute Gasteiger partial charge is 0.329 e. The molecule has 1 amide bonds. The van der Waals surface area contributed by atoms with E-state index in [-0.39, 0.29) is 11.9 Å². The molecule has 1 aromatic heterocycles. The first kappa shape index (κ1) is 17.1. The second kappa shape index (κ2) is 7.12. The number of benzene rings is 2. The van der Waals surface area contributed by atoms with Crippen molar-refractivity contribution in [1.29, 1.82) is 0 Å². The number of carbonyl (C=O) groups is 1. The molecule has 3 aromatic rings. The van der Waals surface area contributed by atoms with Crippen molar-refractivity contribution < 1.29 is 4.79 Å². The van der Waals surface area contributed by atoms with Gasteiger partial charge in [0.1, 0.15) is 5.03 Å². The van der Waals surface area contributed by atoms with E-state index < -0.39 is 0 Å². The van der Waals surface area contributed by atoms with Crippen molar-refractivity contribution in [2.75, 3.05) is 6.26 Å². The molecule has 1 heterocycles. The van der Waals surface area contributed by atoms with Gasteiger partial charge in [0.05, 0.1) is 11.6 Å². The minimum Gasteiger partial charge on any atom is -0.329 e. The van der Waals surface area contributed by atoms with E-state index in [0.29, 0.717) is 11.6 Å². The van der Waals surface area contributed by atoms with Crippen LogP contribution in [0.3, 0.4) is 0 Å². The summed E-state index contributed by atoms with van der Waals surface area (Å²) in [5, 5.41) is 3.23. The number of rotatable bonds is 5. The van der Waals surface area contributed by atoms with Crippen molar-refractivity contribution in [3.63, 3.8) is 0 Å². The van der Waals surface area contributed by atoms with Crippen LogP contribution in [-0.4, -0.2) is 28.1 Å². The van der Waals surface area contributed by atoms with E-state index >= 15 is 0 Å². The van der Waals surface area contributed by atoms with E-state index in [9.17, 15) is 4.79 Å². The van der Waals surface area contributed by atoms with Crippen molar-refractivity contribution >= 4 is 28.4 Å². The van der Waals surface area contributed by atoms with Gasteiger partial charge in [-0.1, -0.05) is 42.5 Å². The Kier molecular flexibility index (Phi) is 4.68. The summed E-state index contributed by atoms with van der Waals surface area (Å²) in [6.45, 7) is 2.15. The first-order valence-corrected chi connectivity index (χ1v) is 10.2. The molecule has 2 aromatic carbocycles. The second-order valence-corrected chi connectivity index (χ2v) is 7.54. The number of thioether (sulfide) groups is 1. The first-order chi connectivity index (χ1) is 12.7. The number of aromatic nitrogens is 1. The lowest BCUT2D eigenvalue weighted by Gasteiger charge is -2.31. The highest BCUT2D eigenvalue weighted by Gasteiger charge is 2.37. The molecule has 3 nitrogen and oxygen atoms in total. The quantitative estimate of drug-likeness (QED) is 0.576. The molecule has 132 valence electrons. The van der Waals surface area contributed by atoms with E-state index in [1.54, 1.807) is 6.20 Å². The maximum absolute atomic E-state index is 13.4. The molecule has 0 N–H and O–H groups in total. The molecule has 4 heteroatoms. The fourth-order valence-corrected chi connectivity index (χ4v) is 4.17. The fourth-order valence-electron chi connectivity index (χ4n) is 3.63. The standard InChI is InChI=1S/C22H22N2OS/c1-15(18-10-5-8-16-7-3-4-9-19(16)18)24(17-12-13-17)22(25)20-11-6-14-23-21(20)26-2/h3-11,14-15,17H,12-13H2,1-2H3/t15-/m1/s1. The monoisotopic (exact) mass is 362 g/mol. The minimum absolute atomic E-state index is 0.0241. The molecule has 1 fully saturated rings. The summed E-state index contributed by atoms with van der Waals surface area (Å²) < 4.78 is 0. The molecule has 0 saturated heterocycles. The third-order valence-corrected chi connectivity index (χ3v) is 5.77. The zero-order valence-electron chi connectivity index (χ0n) is 15.1. The highest BCUT2D eigenvalue weighted by molar-refractivity contribution is 7.98. The average Bonchev–Trinajstić information content (AvgIpc) is 3.52. The van der Waals surface area contributed by atoms with Crippen LogP contribution in [0.5, 0.6) is 0 Å². The lowest BCUT2D eigenvalue weighted by Crippen LogP contribution is -2.36. The van der Waals surface area contributed by atoms with Gasteiger partial charge in [-0.15, -0.1) is 11.8 Å². The van der Waals surface area contributed by atoms with Gasteiger partial charge in [-0.05, 0) is 54.5 Å². The van der Waals surface area contributed by atoms with E-state index in [2.05, 4.69) is 59.3 Å². The van der Waals surface area contributed by atoms with Gasteiger partial charge in [0.2, 0.25) is 0 Å². The van der Waals surface area contributed by atoms with Crippen LogP contribution in [0.4, 0.5) is 0 Å². The molecule has 1 aliphatic rings. The number of carbonyl (C=O) groups excluding carboxylic acids is 1. The predicted octanol–water partition coefficient (Wildman–Crippen LogP) is 5.32. The van der Waals surface area contributed by atoms with Crippen molar-refractivity contribution in [1.82, 2.24) is 9.88 Å². The molecule has 1 saturated carbocycles. The Balaban J connectivity index is 1.76. The lowest BCUT2D eigenvalue weighted by atomic mass is 9.98. The Hall–Kier alpha value is -2.33. The average molecular weight is 362 g/mol. The Labute approximate surface area is 158 Å². The molecule has 1 atom stereocenters. The summed E-state index contributed by atoms with van der Waals surface area (Å²) in [5.74, 6) is 0.0883. The molecular weight excluding hydrogens is 340 g/mol. The van der Waals surface area contributed by atoms with Crippen molar-refractivity contribution in [3.8, 4) is 0 Å². The van der Waals surface area contributed by atoms with E-state index in [0.717, 1.165) is 17.9 Å². The molecule has 0 spiro atoms. The Morgan fingerprint density at radius 2 is 1.88 bits per heavy atom. The summed E-state index contributed by atoms with van der Waals surface area (Å²) in [6, 6.07) is 18.8. The Morgan fingerprint density at radius 1 is 1.12 bits per heavy atom. The summed E-state index contributed by atoms with van der Waals surface area (Å²) >= 11 is 1.52. The molecular formula is C22H22N2OS. The van der Waals surface area contributed by atoms with Gasteiger partial charge in [-0.2, -0.15) is 0 Å². The van der Waals surface area contributed by atoms with E-state index in [1.165, 1.54) is 28.1 Å². The normalized spacial score (nSPS) is 15.0. The number of pyridine rings is 1. The summed E-state index contributed by atoms with van der Waals surface area (Å²) in [5.41, 5.74) is 1.91. The van der Waals surface area contributed by atoms with Crippen LogP contribution < -0.4 is 0 Å². The zero-order chi connectivity index (χ0) is 18.1. The summed E-state index contributed by atoms with van der Waals surface area (Å²) in [4.78, 5) is 19.9. The zero-order valence-corrected chi connectivity index (χ0v) is 15.9. The molecule has 0 radical (unpaired) electrons. The van der Waals surface area contributed by atoms with Crippen LogP contribution in [0, 0.1) is 0 Å². The number of nitrogens with zero attached hydrogens (tertiary/aromatic N) is 2. The first-order valence-electron chi connectivity index (χ1n) is 9.00. The van der Waals surface area contributed by atoms with Gasteiger partial charge < -0.3 is 4.90 Å². The van der Waals surface area contributed by atoms with Crippen LogP contribution in [0.1, 0.15) is 41.7 Å². The Morgan fingerprint density at radius 3 is 2.65 bits per heavy atom. The molecule has 0 aliphatic heterocycles. The van der Waals surface area contributed by atoms with E-state index in [1.807, 2.05) is 18.4 Å². The van der Waals surface area contributed by atoms with Crippen LogP contribution in [0.15, 0.2) is 65.8 Å². The van der Waals surface area contributed by atoms with Crippen LogP contribution in [0.2, 0.25) is 0 Å². The topological polar surface area (TPSA) is 33.2 Å². The third kappa shape index (κ3) is 3.10. The smallest absolute Gasteiger partial charge is 0.257 e. The molecule has 1 aliphatic carbocycles. The molecule has 4 rings (SSSR count). The number of fused-ring (bicyclic) bond motifs is 1. The van der Waals surface area contributed by atoms with Gasteiger partial charge in [-0.3, -0.25) is 4.79 Å². The third-order valence-electron chi connectivity index (χ3n) is 5.06. The Bertz CT molecular complexity index is 946. The second-order valence-electron chi connectivity index (χ2n) is 6.75. The van der Waals surface area contributed by atoms with Crippen LogP contribution >= 0.6 is 11.8 Å². The maximum atomic E-state index is 13.4. The van der Waals surface area contributed by atoms with Gasteiger partial charge in [0.15, 0.2) is 0 Å². The predicted molar refractivity (Wildman–Crippen MR) is 108 cm³/mol. The van der Waals surface area contributed by atoms with Crippen molar-refractivity contribution in [2.24, 2.45) is 0 Å². The van der Waals surface area contributed by atoms with Crippen LogP contribution in [-0.2, 0) is 0 Å². The van der Waals surface area contributed by atoms with Gasteiger partial charge in [0, 0.05) is 12.2 Å². The summed E-state index contributed by atoms with van der Waals surface area (Å²) in [7, 11) is 0. The van der Waals surface area contributed by atoms with Crippen molar-refractivity contribution in [3.05, 3.63) is 71.9 Å². The lowest BCUT2D eigenvalue weighted by molar-refractivity contribution is 0.0670. The van der Waals surface area contributed by atoms with Crippen molar-refractivity contribution in [2.45, 2.75) is 36.9 Å². The molecule has 26 heavy (non-hydrogen) atoms. The molecule has 0 unspecified atom stereocenters. The number of hydrogen-bond donors (Lipinski definition) is 0. The highest BCUT2D eigenvalue weighted by Crippen LogP contribution is 2.38. The van der Waals surface area contributed by atoms with Gasteiger partial charge in [0.25, 0.3) is 5.91 Å². The van der Waals surface area contributed by atoms with Gasteiger partial charge >= 0.3 is 0 Å². The highest BCUT2D eigenvalue weighted by atomic mass is 32.2. The summed E-state index contributed by atoms with van der Waals surface area (Å²) in [6.07, 6.45) is 5.87. The minimum atomic E-state index is 0.0241. The number of amides is 1.